The Hall–Kier alpha value is -2.44. The number of aromatic nitrogens is 1. The molecule has 1 aromatic carbocycles. The quantitative estimate of drug-likeness (QED) is 0.376. The van der Waals surface area contributed by atoms with Crippen LogP contribution < -0.4 is 4.74 Å². The fraction of sp³-hybridized carbons (Fsp3) is 0.481. The Bertz CT molecular complexity index is 1040. The summed E-state index contributed by atoms with van der Waals surface area (Å²) < 4.78 is 10.6. The smallest absolute Gasteiger partial charge is 0.310 e. The van der Waals surface area contributed by atoms with Gasteiger partial charge in [-0.3, -0.25) is 9.78 Å². The molecule has 2 atom stereocenters. The molecule has 0 unspecified atom stereocenters. The van der Waals surface area contributed by atoms with Crippen LogP contribution in [0.2, 0.25) is 0 Å². The summed E-state index contributed by atoms with van der Waals surface area (Å²) in [6.45, 7) is 2.93. The van der Waals surface area contributed by atoms with Crippen molar-refractivity contribution in [1.82, 2.24) is 9.88 Å². The van der Waals surface area contributed by atoms with Gasteiger partial charge in [-0.25, -0.2) is 0 Å². The predicted molar refractivity (Wildman–Crippen MR) is 134 cm³/mol. The number of benzene rings is 1. The van der Waals surface area contributed by atoms with Gasteiger partial charge in [0.15, 0.2) is 0 Å². The van der Waals surface area contributed by atoms with Crippen molar-refractivity contribution >= 4 is 28.2 Å². The molecule has 2 aromatic heterocycles. The summed E-state index contributed by atoms with van der Waals surface area (Å²) in [7, 11) is 3.21. The van der Waals surface area contributed by atoms with Gasteiger partial charge in [0, 0.05) is 23.0 Å². The normalized spacial score (nSPS) is 19.0. The van der Waals surface area contributed by atoms with Crippen molar-refractivity contribution in [3.05, 3.63) is 58.4 Å². The summed E-state index contributed by atoms with van der Waals surface area (Å²) in [4.78, 5) is 21.0. The van der Waals surface area contributed by atoms with E-state index in [1.54, 1.807) is 7.11 Å². The SMILES string of the molecule is COC(=O)[C@H]1CN(CCCc2cccs2)CC[C@H]1CCCc1ccnc2ccc(OC)cc12. The van der Waals surface area contributed by atoms with Crippen molar-refractivity contribution in [2.24, 2.45) is 11.8 Å². The van der Waals surface area contributed by atoms with Crippen molar-refractivity contribution in [1.29, 1.82) is 0 Å². The number of piperidine rings is 1. The number of methoxy groups -OCH3 is 2. The summed E-state index contributed by atoms with van der Waals surface area (Å²) in [6.07, 6.45) is 8.26. The van der Waals surface area contributed by atoms with E-state index in [1.165, 1.54) is 17.6 Å². The average molecular weight is 467 g/mol. The molecule has 0 radical (unpaired) electrons. The van der Waals surface area contributed by atoms with Crippen LogP contribution in [0.25, 0.3) is 10.9 Å². The third-order valence-corrected chi connectivity index (χ3v) is 7.82. The van der Waals surface area contributed by atoms with Gasteiger partial charge in [0.05, 0.1) is 25.7 Å². The molecule has 4 rings (SSSR count). The minimum atomic E-state index is -0.0537. The highest BCUT2D eigenvalue weighted by Gasteiger charge is 2.34. The number of pyridine rings is 1. The lowest BCUT2D eigenvalue weighted by atomic mass is 9.81. The number of rotatable bonds is 10. The van der Waals surface area contributed by atoms with Gasteiger partial charge in [0.1, 0.15) is 5.75 Å². The van der Waals surface area contributed by atoms with Crippen molar-refractivity contribution in [2.45, 2.75) is 38.5 Å². The minimum absolute atomic E-state index is 0.0280. The zero-order valence-electron chi connectivity index (χ0n) is 19.7. The second-order valence-electron chi connectivity index (χ2n) is 8.91. The molecule has 1 fully saturated rings. The number of likely N-dealkylation sites (tertiary alicyclic amines) is 1. The monoisotopic (exact) mass is 466 g/mol. The van der Waals surface area contributed by atoms with Gasteiger partial charge in [-0.1, -0.05) is 6.07 Å². The van der Waals surface area contributed by atoms with Crippen LogP contribution in [0.15, 0.2) is 48.0 Å². The molecule has 6 heteroatoms. The zero-order chi connectivity index (χ0) is 23.0. The lowest BCUT2D eigenvalue weighted by Gasteiger charge is -2.37. The van der Waals surface area contributed by atoms with Gasteiger partial charge in [0.25, 0.3) is 0 Å². The molecule has 1 aliphatic rings. The summed E-state index contributed by atoms with van der Waals surface area (Å²) >= 11 is 1.83. The molecule has 1 aliphatic heterocycles. The number of ether oxygens (including phenoxy) is 2. The van der Waals surface area contributed by atoms with Gasteiger partial charge in [-0.15, -0.1) is 11.3 Å². The summed E-state index contributed by atoms with van der Waals surface area (Å²) in [6, 6.07) is 12.5. The van der Waals surface area contributed by atoms with Gasteiger partial charge in [0.2, 0.25) is 0 Å². The van der Waals surface area contributed by atoms with E-state index < -0.39 is 0 Å². The Labute approximate surface area is 200 Å². The van der Waals surface area contributed by atoms with E-state index in [2.05, 4.69) is 39.5 Å². The van der Waals surface area contributed by atoms with Crippen molar-refractivity contribution < 1.29 is 14.3 Å². The van der Waals surface area contributed by atoms with E-state index in [9.17, 15) is 4.79 Å². The fourth-order valence-corrected chi connectivity index (χ4v) is 5.80. The Morgan fingerprint density at radius 3 is 2.88 bits per heavy atom. The second kappa shape index (κ2) is 11.6. The number of carbonyl (C=O) groups excluding carboxylic acids is 1. The lowest BCUT2D eigenvalue weighted by Crippen LogP contribution is -2.44. The van der Waals surface area contributed by atoms with Crippen LogP contribution in [0, 0.1) is 11.8 Å². The Balaban J connectivity index is 1.32. The number of hydrogen-bond acceptors (Lipinski definition) is 6. The standard InChI is InChI=1S/C27H34N2O3S/c1-31-22-10-11-26-24(18-22)20(12-14-28-26)6-3-7-21-13-16-29(19-25(21)27(30)32-2)15-4-8-23-9-5-17-33-23/h5,9-12,14,17-18,21,25H,3-4,6-8,13,15-16,19H2,1-2H3/t21-,25+/m1/s1. The van der Waals surface area contributed by atoms with Crippen LogP contribution in [0.4, 0.5) is 0 Å². The van der Waals surface area contributed by atoms with Crippen LogP contribution in [0.5, 0.6) is 5.75 Å². The average Bonchev–Trinajstić information content (AvgIpc) is 3.37. The lowest BCUT2D eigenvalue weighted by molar-refractivity contribution is -0.150. The van der Waals surface area contributed by atoms with Crippen molar-refractivity contribution in [3.8, 4) is 5.75 Å². The third-order valence-electron chi connectivity index (χ3n) is 6.88. The molecule has 0 saturated carbocycles. The van der Waals surface area contributed by atoms with Crippen LogP contribution >= 0.6 is 11.3 Å². The van der Waals surface area contributed by atoms with E-state index in [4.69, 9.17) is 9.47 Å². The molecule has 0 bridgehead atoms. The third kappa shape index (κ3) is 6.12. The van der Waals surface area contributed by atoms with Crippen LogP contribution in [0.1, 0.15) is 36.1 Å². The van der Waals surface area contributed by atoms with E-state index >= 15 is 0 Å². The molecule has 0 aliphatic carbocycles. The topological polar surface area (TPSA) is 51.7 Å². The first kappa shape index (κ1) is 23.7. The molecular weight excluding hydrogens is 432 g/mol. The highest BCUT2D eigenvalue weighted by Crippen LogP contribution is 2.31. The number of thiophene rings is 1. The highest BCUT2D eigenvalue weighted by atomic mass is 32.1. The molecule has 33 heavy (non-hydrogen) atoms. The summed E-state index contributed by atoms with van der Waals surface area (Å²) in [5, 5.41) is 3.29. The van der Waals surface area contributed by atoms with Crippen LogP contribution in [-0.2, 0) is 22.4 Å². The van der Waals surface area contributed by atoms with E-state index in [0.717, 1.165) is 74.8 Å². The molecule has 176 valence electrons. The van der Waals surface area contributed by atoms with E-state index in [0.29, 0.717) is 5.92 Å². The largest absolute Gasteiger partial charge is 0.497 e. The number of aryl methyl sites for hydroxylation is 2. The highest BCUT2D eigenvalue weighted by molar-refractivity contribution is 7.09. The molecule has 3 heterocycles. The van der Waals surface area contributed by atoms with Crippen molar-refractivity contribution in [3.63, 3.8) is 0 Å². The number of hydrogen-bond donors (Lipinski definition) is 0. The number of fused-ring (bicyclic) bond motifs is 1. The fourth-order valence-electron chi connectivity index (χ4n) is 5.05. The van der Waals surface area contributed by atoms with Crippen LogP contribution in [0.3, 0.4) is 0 Å². The maximum atomic E-state index is 12.6. The molecule has 3 aromatic rings. The second-order valence-corrected chi connectivity index (χ2v) is 9.94. The molecular formula is C27H34N2O3S. The Kier molecular flexibility index (Phi) is 8.35. The Morgan fingerprint density at radius 1 is 1.18 bits per heavy atom. The number of nitrogens with zero attached hydrogens (tertiary/aromatic N) is 2. The Morgan fingerprint density at radius 2 is 2.09 bits per heavy atom. The first-order chi connectivity index (χ1) is 16.2. The van der Waals surface area contributed by atoms with Gasteiger partial charge >= 0.3 is 5.97 Å². The zero-order valence-corrected chi connectivity index (χ0v) is 20.5. The number of carbonyl (C=O) groups is 1. The maximum absolute atomic E-state index is 12.6. The van der Waals surface area contributed by atoms with E-state index in [-0.39, 0.29) is 11.9 Å². The van der Waals surface area contributed by atoms with Gasteiger partial charge in [-0.05, 0) is 98.8 Å². The minimum Gasteiger partial charge on any atom is -0.497 e. The van der Waals surface area contributed by atoms with Crippen molar-refractivity contribution in [2.75, 3.05) is 33.9 Å². The molecule has 0 N–H and O–H groups in total. The van der Waals surface area contributed by atoms with Gasteiger partial charge < -0.3 is 14.4 Å². The molecule has 1 saturated heterocycles. The molecule has 5 nitrogen and oxygen atoms in total. The first-order valence-corrected chi connectivity index (χ1v) is 12.8. The summed E-state index contributed by atoms with van der Waals surface area (Å²) in [5.74, 6) is 1.16. The predicted octanol–water partition coefficient (Wildman–Crippen LogP) is 5.37. The molecule has 0 spiro atoms. The maximum Gasteiger partial charge on any atom is 0.310 e. The van der Waals surface area contributed by atoms with Crippen LogP contribution in [-0.4, -0.2) is 49.7 Å². The van der Waals surface area contributed by atoms with E-state index in [1.807, 2.05) is 29.7 Å². The summed E-state index contributed by atoms with van der Waals surface area (Å²) in [5.41, 5.74) is 2.29. The first-order valence-electron chi connectivity index (χ1n) is 11.9. The van der Waals surface area contributed by atoms with Gasteiger partial charge in [-0.2, -0.15) is 0 Å². The number of esters is 1. The molecule has 0 amide bonds.